The molecule has 0 aliphatic carbocycles. The lowest BCUT2D eigenvalue weighted by molar-refractivity contribution is 0.0679. The van der Waals surface area contributed by atoms with Crippen LogP contribution in [-0.4, -0.2) is 31.3 Å². The van der Waals surface area contributed by atoms with Crippen LogP contribution in [0.2, 0.25) is 0 Å². The van der Waals surface area contributed by atoms with Crippen molar-refractivity contribution < 1.29 is 14.3 Å². The van der Waals surface area contributed by atoms with E-state index in [4.69, 9.17) is 9.47 Å². The molecule has 21 heavy (non-hydrogen) atoms. The van der Waals surface area contributed by atoms with E-state index in [9.17, 15) is 4.79 Å². The lowest BCUT2D eigenvalue weighted by Crippen LogP contribution is -2.36. The third-order valence-electron chi connectivity index (χ3n) is 3.91. The highest BCUT2D eigenvalue weighted by Gasteiger charge is 2.17. The molecule has 4 heteroatoms. The largest absolute Gasteiger partial charge is 0.491 e. The molecule has 2 atom stereocenters. The maximum absolute atomic E-state index is 12.2. The van der Waals surface area contributed by atoms with E-state index in [1.54, 1.807) is 12.1 Å². The molecule has 0 bridgehead atoms. The van der Waals surface area contributed by atoms with E-state index < -0.39 is 0 Å². The fourth-order valence-electron chi connectivity index (χ4n) is 2.15. The van der Waals surface area contributed by atoms with Crippen LogP contribution in [0.3, 0.4) is 0 Å². The van der Waals surface area contributed by atoms with Gasteiger partial charge < -0.3 is 14.8 Å². The van der Waals surface area contributed by atoms with Crippen molar-refractivity contribution in [2.45, 2.75) is 45.8 Å². The summed E-state index contributed by atoms with van der Waals surface area (Å²) in [5.41, 5.74) is 0.632. The molecule has 4 nitrogen and oxygen atoms in total. The normalized spacial score (nSPS) is 19.5. The number of benzene rings is 1. The minimum Gasteiger partial charge on any atom is -0.491 e. The van der Waals surface area contributed by atoms with Crippen LogP contribution in [-0.2, 0) is 4.74 Å². The van der Waals surface area contributed by atoms with Crippen LogP contribution in [0.1, 0.15) is 44.0 Å². The van der Waals surface area contributed by atoms with Crippen molar-refractivity contribution in [2.75, 3.05) is 13.2 Å². The summed E-state index contributed by atoms with van der Waals surface area (Å²) < 4.78 is 11.3. The minimum absolute atomic E-state index is 0.0567. The first-order valence-electron chi connectivity index (χ1n) is 7.71. The average molecular weight is 291 g/mol. The first-order valence-corrected chi connectivity index (χ1v) is 7.71. The molecule has 1 aliphatic heterocycles. The molecule has 1 heterocycles. The van der Waals surface area contributed by atoms with E-state index in [-0.39, 0.29) is 18.1 Å². The molecule has 2 unspecified atom stereocenters. The second kappa shape index (κ2) is 7.46. The number of hydrogen-bond acceptors (Lipinski definition) is 3. The van der Waals surface area contributed by atoms with Gasteiger partial charge in [-0.3, -0.25) is 4.79 Å². The average Bonchev–Trinajstić information content (AvgIpc) is 2.98. The molecule has 116 valence electrons. The summed E-state index contributed by atoms with van der Waals surface area (Å²) in [5.74, 6) is 1.07. The summed E-state index contributed by atoms with van der Waals surface area (Å²) in [6.07, 6.45) is 2.33. The zero-order valence-electron chi connectivity index (χ0n) is 13.1. The Bertz CT molecular complexity index is 467. The molecule has 0 aromatic heterocycles. The van der Waals surface area contributed by atoms with E-state index >= 15 is 0 Å². The SMILES string of the molecule is CC(C)C(C)NC(=O)c1cccc(OCC2CCCO2)c1. The molecule has 1 N–H and O–H groups in total. The highest BCUT2D eigenvalue weighted by atomic mass is 16.5. The molecule has 0 spiro atoms. The van der Waals surface area contributed by atoms with Crippen molar-refractivity contribution in [3.8, 4) is 5.75 Å². The number of carbonyl (C=O) groups is 1. The topological polar surface area (TPSA) is 47.6 Å². The maximum Gasteiger partial charge on any atom is 0.251 e. The fourth-order valence-corrected chi connectivity index (χ4v) is 2.15. The predicted molar refractivity (Wildman–Crippen MR) is 82.7 cm³/mol. The van der Waals surface area contributed by atoms with Gasteiger partial charge in [-0.1, -0.05) is 19.9 Å². The molecule has 1 fully saturated rings. The van der Waals surface area contributed by atoms with Crippen LogP contribution in [0.5, 0.6) is 5.75 Å². The van der Waals surface area contributed by atoms with Gasteiger partial charge in [0.15, 0.2) is 0 Å². The highest BCUT2D eigenvalue weighted by molar-refractivity contribution is 5.94. The summed E-state index contributed by atoms with van der Waals surface area (Å²) in [5, 5.41) is 3.00. The molecular weight excluding hydrogens is 266 g/mol. The molecule has 1 saturated heterocycles. The minimum atomic E-state index is -0.0567. The van der Waals surface area contributed by atoms with E-state index in [2.05, 4.69) is 19.2 Å². The summed E-state index contributed by atoms with van der Waals surface area (Å²) >= 11 is 0. The van der Waals surface area contributed by atoms with Crippen LogP contribution < -0.4 is 10.1 Å². The molecule has 1 amide bonds. The Labute approximate surface area is 126 Å². The van der Waals surface area contributed by atoms with Gasteiger partial charge in [0.25, 0.3) is 5.91 Å². The van der Waals surface area contributed by atoms with Crippen molar-refractivity contribution in [3.05, 3.63) is 29.8 Å². The van der Waals surface area contributed by atoms with Crippen molar-refractivity contribution in [1.82, 2.24) is 5.32 Å². The van der Waals surface area contributed by atoms with E-state index in [1.807, 2.05) is 19.1 Å². The third kappa shape index (κ3) is 4.74. The summed E-state index contributed by atoms with van der Waals surface area (Å²) in [4.78, 5) is 12.2. The number of rotatable bonds is 6. The summed E-state index contributed by atoms with van der Waals surface area (Å²) in [6.45, 7) is 7.57. The number of carbonyl (C=O) groups excluding carboxylic acids is 1. The van der Waals surface area contributed by atoms with Gasteiger partial charge in [-0.05, 0) is 43.9 Å². The molecule has 1 aromatic carbocycles. The third-order valence-corrected chi connectivity index (χ3v) is 3.91. The molecular formula is C17H25NO3. The standard InChI is InChI=1S/C17H25NO3/c1-12(2)13(3)18-17(19)14-6-4-7-15(10-14)21-11-16-8-5-9-20-16/h4,6-7,10,12-13,16H,5,8-9,11H2,1-3H3,(H,18,19). The van der Waals surface area contributed by atoms with Gasteiger partial charge in [0.05, 0.1) is 6.10 Å². The van der Waals surface area contributed by atoms with Gasteiger partial charge >= 0.3 is 0 Å². The predicted octanol–water partition coefficient (Wildman–Crippen LogP) is 3.02. The Morgan fingerprint density at radius 1 is 1.43 bits per heavy atom. The smallest absolute Gasteiger partial charge is 0.251 e. The van der Waals surface area contributed by atoms with Gasteiger partial charge in [-0.25, -0.2) is 0 Å². The molecule has 2 rings (SSSR count). The second-order valence-electron chi connectivity index (χ2n) is 5.98. The van der Waals surface area contributed by atoms with Crippen molar-refractivity contribution in [1.29, 1.82) is 0 Å². The number of ether oxygens (including phenoxy) is 2. The monoisotopic (exact) mass is 291 g/mol. The van der Waals surface area contributed by atoms with E-state index in [0.29, 0.717) is 18.1 Å². The Balaban J connectivity index is 1.91. The van der Waals surface area contributed by atoms with Gasteiger partial charge in [0.1, 0.15) is 12.4 Å². The van der Waals surface area contributed by atoms with E-state index in [0.717, 1.165) is 25.2 Å². The summed E-state index contributed by atoms with van der Waals surface area (Å²) in [6, 6.07) is 7.46. The lowest BCUT2D eigenvalue weighted by atomic mass is 10.1. The molecule has 1 aliphatic rings. The quantitative estimate of drug-likeness (QED) is 0.876. The Kier molecular flexibility index (Phi) is 5.62. The van der Waals surface area contributed by atoms with Crippen LogP contribution in [0.4, 0.5) is 0 Å². The number of hydrogen-bond donors (Lipinski definition) is 1. The Hall–Kier alpha value is -1.55. The zero-order valence-corrected chi connectivity index (χ0v) is 13.1. The van der Waals surface area contributed by atoms with Crippen LogP contribution in [0, 0.1) is 5.92 Å². The van der Waals surface area contributed by atoms with E-state index in [1.165, 1.54) is 0 Å². The van der Waals surface area contributed by atoms with Crippen LogP contribution >= 0.6 is 0 Å². The highest BCUT2D eigenvalue weighted by Crippen LogP contribution is 2.17. The first-order chi connectivity index (χ1) is 10.1. The van der Waals surface area contributed by atoms with Crippen LogP contribution in [0.25, 0.3) is 0 Å². The lowest BCUT2D eigenvalue weighted by Gasteiger charge is -2.18. The zero-order chi connectivity index (χ0) is 15.2. The van der Waals surface area contributed by atoms with Crippen molar-refractivity contribution in [3.63, 3.8) is 0 Å². The fraction of sp³-hybridized carbons (Fsp3) is 0.588. The maximum atomic E-state index is 12.2. The molecule has 0 saturated carbocycles. The van der Waals surface area contributed by atoms with Gasteiger partial charge in [0, 0.05) is 18.2 Å². The molecule has 1 aromatic rings. The Morgan fingerprint density at radius 2 is 2.24 bits per heavy atom. The first kappa shape index (κ1) is 15.8. The second-order valence-corrected chi connectivity index (χ2v) is 5.98. The van der Waals surface area contributed by atoms with Crippen molar-refractivity contribution in [2.24, 2.45) is 5.92 Å². The molecule has 0 radical (unpaired) electrons. The number of amides is 1. The van der Waals surface area contributed by atoms with Gasteiger partial charge in [-0.15, -0.1) is 0 Å². The van der Waals surface area contributed by atoms with Crippen molar-refractivity contribution >= 4 is 5.91 Å². The van der Waals surface area contributed by atoms with Gasteiger partial charge in [0.2, 0.25) is 0 Å². The van der Waals surface area contributed by atoms with Gasteiger partial charge in [-0.2, -0.15) is 0 Å². The van der Waals surface area contributed by atoms with Crippen LogP contribution in [0.15, 0.2) is 24.3 Å². The number of nitrogens with one attached hydrogen (secondary N) is 1. The Morgan fingerprint density at radius 3 is 2.90 bits per heavy atom. The summed E-state index contributed by atoms with van der Waals surface area (Å²) in [7, 11) is 0.